The molecule has 1 saturated heterocycles. The van der Waals surface area contributed by atoms with E-state index in [1.54, 1.807) is 0 Å². The molecule has 2 heterocycles. The SMILES string of the molecule is O=S(=O)(c1ccc(Cl)nc1)N1CCC(F)(F)CC1. The molecule has 1 aliphatic heterocycles. The summed E-state index contributed by atoms with van der Waals surface area (Å²) in [7, 11) is -3.75. The summed E-state index contributed by atoms with van der Waals surface area (Å²) >= 11 is 5.57. The summed E-state index contributed by atoms with van der Waals surface area (Å²) in [5.41, 5.74) is 0. The number of alkyl halides is 2. The zero-order chi connectivity index (χ0) is 13.4. The highest BCUT2D eigenvalue weighted by Crippen LogP contribution is 2.30. The Morgan fingerprint density at radius 3 is 2.39 bits per heavy atom. The number of sulfonamides is 1. The molecule has 1 aromatic rings. The van der Waals surface area contributed by atoms with E-state index in [-0.39, 0.29) is 23.1 Å². The molecule has 0 amide bonds. The Labute approximate surface area is 109 Å². The lowest BCUT2D eigenvalue weighted by molar-refractivity contribution is -0.0412. The molecule has 8 heteroatoms. The van der Waals surface area contributed by atoms with Gasteiger partial charge in [0.2, 0.25) is 10.0 Å². The Balaban J connectivity index is 2.20. The van der Waals surface area contributed by atoms with E-state index in [1.165, 1.54) is 12.1 Å². The van der Waals surface area contributed by atoms with Crippen LogP contribution in [0.4, 0.5) is 8.78 Å². The highest BCUT2D eigenvalue weighted by molar-refractivity contribution is 7.89. The lowest BCUT2D eigenvalue weighted by Crippen LogP contribution is -2.42. The van der Waals surface area contributed by atoms with Crippen LogP contribution in [0.3, 0.4) is 0 Å². The van der Waals surface area contributed by atoms with Crippen molar-refractivity contribution in [1.82, 2.24) is 9.29 Å². The fourth-order valence-electron chi connectivity index (χ4n) is 1.72. The molecular weight excluding hydrogens is 286 g/mol. The van der Waals surface area contributed by atoms with Crippen molar-refractivity contribution in [3.63, 3.8) is 0 Å². The van der Waals surface area contributed by atoms with Crippen LogP contribution in [0.1, 0.15) is 12.8 Å². The number of halogens is 3. The second-order valence-corrected chi connectivity index (χ2v) is 6.40. The number of pyridine rings is 1. The van der Waals surface area contributed by atoms with Crippen molar-refractivity contribution in [1.29, 1.82) is 0 Å². The Hall–Kier alpha value is -0.790. The molecule has 0 aromatic carbocycles. The van der Waals surface area contributed by atoms with Gasteiger partial charge in [0.15, 0.2) is 0 Å². The smallest absolute Gasteiger partial charge is 0.243 e. The molecule has 1 aliphatic rings. The minimum atomic E-state index is -3.75. The minimum absolute atomic E-state index is 0.0304. The van der Waals surface area contributed by atoms with Gasteiger partial charge in [-0.05, 0) is 12.1 Å². The van der Waals surface area contributed by atoms with Gasteiger partial charge in [0.05, 0.1) is 0 Å². The summed E-state index contributed by atoms with van der Waals surface area (Å²) in [5.74, 6) is -2.77. The third-order valence-electron chi connectivity index (χ3n) is 2.79. The largest absolute Gasteiger partial charge is 0.250 e. The summed E-state index contributed by atoms with van der Waals surface area (Å²) in [6, 6.07) is 2.67. The van der Waals surface area contributed by atoms with Gasteiger partial charge in [0, 0.05) is 32.1 Å². The van der Waals surface area contributed by atoms with Gasteiger partial charge in [-0.3, -0.25) is 0 Å². The van der Waals surface area contributed by atoms with Crippen LogP contribution in [0.2, 0.25) is 5.15 Å². The van der Waals surface area contributed by atoms with E-state index in [1.807, 2.05) is 0 Å². The van der Waals surface area contributed by atoms with Crippen molar-refractivity contribution in [3.05, 3.63) is 23.5 Å². The molecule has 0 bridgehead atoms. The summed E-state index contributed by atoms with van der Waals surface area (Å²) in [4.78, 5) is 3.65. The zero-order valence-corrected chi connectivity index (χ0v) is 10.9. The maximum absolute atomic E-state index is 13.0. The monoisotopic (exact) mass is 296 g/mol. The third-order valence-corrected chi connectivity index (χ3v) is 4.90. The average Bonchev–Trinajstić information content (AvgIpc) is 2.29. The van der Waals surface area contributed by atoms with Gasteiger partial charge in [-0.2, -0.15) is 4.31 Å². The van der Waals surface area contributed by atoms with Crippen LogP contribution in [-0.4, -0.2) is 36.7 Å². The standard InChI is InChI=1S/C10H11ClF2N2O2S/c11-9-2-1-8(7-14-9)18(16,17)15-5-3-10(12,13)4-6-15/h1-2,7H,3-6H2. The molecule has 0 N–H and O–H groups in total. The van der Waals surface area contributed by atoms with E-state index in [2.05, 4.69) is 4.98 Å². The van der Waals surface area contributed by atoms with E-state index >= 15 is 0 Å². The van der Waals surface area contributed by atoms with E-state index in [0.717, 1.165) is 10.5 Å². The predicted octanol–water partition coefficient (Wildman–Crippen LogP) is 2.15. The van der Waals surface area contributed by atoms with Crippen LogP contribution in [0.5, 0.6) is 0 Å². The summed E-state index contributed by atoms with van der Waals surface area (Å²) in [5, 5.41) is 0.180. The van der Waals surface area contributed by atoms with Crippen molar-refractivity contribution >= 4 is 21.6 Å². The summed E-state index contributed by atoms with van der Waals surface area (Å²) in [6.07, 6.45) is 0.227. The first kappa shape index (κ1) is 13.6. The molecule has 1 aromatic heterocycles. The Morgan fingerprint density at radius 1 is 1.28 bits per heavy atom. The second-order valence-electron chi connectivity index (χ2n) is 4.08. The first-order valence-electron chi connectivity index (χ1n) is 5.31. The molecule has 4 nitrogen and oxygen atoms in total. The highest BCUT2D eigenvalue weighted by atomic mass is 35.5. The first-order chi connectivity index (χ1) is 8.31. The molecule has 0 atom stereocenters. The quantitative estimate of drug-likeness (QED) is 0.786. The number of aromatic nitrogens is 1. The van der Waals surface area contributed by atoms with E-state index < -0.39 is 28.8 Å². The molecule has 2 rings (SSSR count). The van der Waals surface area contributed by atoms with Gasteiger partial charge in [-0.15, -0.1) is 0 Å². The second kappa shape index (κ2) is 4.71. The van der Waals surface area contributed by atoms with Crippen LogP contribution in [0.15, 0.2) is 23.2 Å². The van der Waals surface area contributed by atoms with Crippen LogP contribution >= 0.6 is 11.6 Å². The lowest BCUT2D eigenvalue weighted by Gasteiger charge is -2.30. The van der Waals surface area contributed by atoms with Gasteiger partial charge in [0.1, 0.15) is 10.0 Å². The predicted molar refractivity (Wildman–Crippen MR) is 62.2 cm³/mol. The maximum Gasteiger partial charge on any atom is 0.250 e. The van der Waals surface area contributed by atoms with Crippen molar-refractivity contribution in [3.8, 4) is 0 Å². The van der Waals surface area contributed by atoms with Gasteiger partial charge in [-0.1, -0.05) is 11.6 Å². The van der Waals surface area contributed by atoms with Crippen molar-refractivity contribution in [2.24, 2.45) is 0 Å². The van der Waals surface area contributed by atoms with Crippen LogP contribution in [-0.2, 0) is 10.0 Å². The molecule has 1 fully saturated rings. The minimum Gasteiger partial charge on any atom is -0.243 e. The van der Waals surface area contributed by atoms with Gasteiger partial charge in [-0.25, -0.2) is 22.2 Å². The van der Waals surface area contributed by atoms with Gasteiger partial charge >= 0.3 is 0 Å². The molecule has 0 spiro atoms. The van der Waals surface area contributed by atoms with Crippen LogP contribution in [0.25, 0.3) is 0 Å². The van der Waals surface area contributed by atoms with E-state index in [0.29, 0.717) is 0 Å². The number of piperidine rings is 1. The fourth-order valence-corrected chi connectivity index (χ4v) is 3.22. The van der Waals surface area contributed by atoms with Crippen molar-refractivity contribution in [2.75, 3.05) is 13.1 Å². The van der Waals surface area contributed by atoms with E-state index in [9.17, 15) is 17.2 Å². The average molecular weight is 297 g/mol. The lowest BCUT2D eigenvalue weighted by atomic mass is 10.1. The molecule has 18 heavy (non-hydrogen) atoms. The topological polar surface area (TPSA) is 50.3 Å². The van der Waals surface area contributed by atoms with Crippen LogP contribution in [0, 0.1) is 0 Å². The fraction of sp³-hybridized carbons (Fsp3) is 0.500. The van der Waals surface area contributed by atoms with E-state index in [4.69, 9.17) is 11.6 Å². The van der Waals surface area contributed by atoms with Crippen LogP contribution < -0.4 is 0 Å². The molecule has 0 radical (unpaired) electrons. The van der Waals surface area contributed by atoms with Gasteiger partial charge < -0.3 is 0 Å². The van der Waals surface area contributed by atoms with Crippen molar-refractivity contribution in [2.45, 2.75) is 23.7 Å². The third kappa shape index (κ3) is 2.78. The number of rotatable bonds is 2. The molecule has 0 aliphatic carbocycles. The Kier molecular flexibility index (Phi) is 3.57. The number of hydrogen-bond donors (Lipinski definition) is 0. The summed E-state index contributed by atoms with van der Waals surface area (Å²) in [6.45, 7) is -0.365. The number of nitrogens with zero attached hydrogens (tertiary/aromatic N) is 2. The van der Waals surface area contributed by atoms with Gasteiger partial charge in [0.25, 0.3) is 5.92 Å². The maximum atomic E-state index is 13.0. The Bertz CT molecular complexity index is 523. The molecule has 100 valence electrons. The normalized spacial score (nSPS) is 20.8. The number of hydrogen-bond acceptors (Lipinski definition) is 3. The zero-order valence-electron chi connectivity index (χ0n) is 9.31. The summed E-state index contributed by atoms with van der Waals surface area (Å²) < 4.78 is 51.2. The van der Waals surface area contributed by atoms with Crippen molar-refractivity contribution < 1.29 is 17.2 Å². The molecular formula is C10H11ClF2N2O2S. The molecule has 0 saturated carbocycles. The first-order valence-corrected chi connectivity index (χ1v) is 7.13. The molecule has 0 unspecified atom stereocenters. The Morgan fingerprint density at radius 2 is 1.89 bits per heavy atom. The highest BCUT2D eigenvalue weighted by Gasteiger charge is 2.38.